The fourth-order valence-corrected chi connectivity index (χ4v) is 5.85. The summed E-state index contributed by atoms with van der Waals surface area (Å²) >= 11 is 10.3. The van der Waals surface area contributed by atoms with Crippen LogP contribution in [-0.4, -0.2) is 45.4 Å². The molecule has 0 radical (unpaired) electrons. The maximum atomic E-state index is 12.4. The second-order valence-corrected chi connectivity index (χ2v) is 9.57. The van der Waals surface area contributed by atoms with Crippen molar-refractivity contribution in [3.8, 4) is 0 Å². The molecule has 2 heterocycles. The van der Waals surface area contributed by atoms with Crippen LogP contribution in [0.1, 0.15) is 0 Å². The van der Waals surface area contributed by atoms with Crippen molar-refractivity contribution >= 4 is 48.9 Å². The number of nitrogens with zero attached hydrogens (tertiary/aromatic N) is 1. The quantitative estimate of drug-likeness (QED) is 0.843. The molecule has 0 aromatic carbocycles. The summed E-state index contributed by atoms with van der Waals surface area (Å²) in [6.07, 6.45) is 0. The Balaban J connectivity index is 2.03. The van der Waals surface area contributed by atoms with Gasteiger partial charge < -0.3 is 4.90 Å². The zero-order valence-corrected chi connectivity index (χ0v) is 14.2. The molecule has 1 N–H and O–H groups in total. The van der Waals surface area contributed by atoms with Crippen molar-refractivity contribution < 1.29 is 13.3 Å². The highest BCUT2D eigenvalue weighted by Crippen LogP contribution is 2.28. The van der Waals surface area contributed by atoms with Crippen LogP contribution in [0.4, 0.5) is 0 Å². The molecule has 0 saturated carbocycles. The highest BCUT2D eigenvalue weighted by atomic mass is 79.9. The minimum absolute atomic E-state index is 0.393. The molecule has 0 bridgehead atoms. The average molecular weight is 387 g/mol. The third-order valence-electron chi connectivity index (χ3n) is 3.01. The molecule has 106 valence electrons. The molecule has 0 atom stereocenters. The van der Waals surface area contributed by atoms with Crippen LogP contribution < -0.4 is 4.90 Å². The number of piperazine rings is 1. The van der Waals surface area contributed by atoms with Crippen molar-refractivity contribution in [2.75, 3.05) is 32.7 Å². The van der Waals surface area contributed by atoms with Crippen LogP contribution in [0.15, 0.2) is 31.7 Å². The molecular weight excluding hydrogens is 372 g/mol. The molecule has 2 rings (SSSR count). The van der Waals surface area contributed by atoms with Crippen molar-refractivity contribution in [1.82, 2.24) is 4.31 Å². The van der Waals surface area contributed by atoms with Crippen LogP contribution >= 0.6 is 38.9 Å². The molecule has 0 amide bonds. The van der Waals surface area contributed by atoms with Crippen LogP contribution in [-0.2, 0) is 10.0 Å². The predicted octanol–water partition coefficient (Wildman–Crippen LogP) is 1.15. The molecule has 1 fully saturated rings. The second-order valence-electron chi connectivity index (χ2n) is 4.41. The van der Waals surface area contributed by atoms with E-state index in [-0.39, 0.29) is 0 Å². The fraction of sp³-hybridized carbons (Fsp3) is 0.455. The lowest BCUT2D eigenvalue weighted by atomic mass is 10.3. The number of hydrogen-bond acceptors (Lipinski definition) is 3. The van der Waals surface area contributed by atoms with Gasteiger partial charge in [0.15, 0.2) is 0 Å². The Bertz CT molecular complexity index is 565. The van der Waals surface area contributed by atoms with Crippen molar-refractivity contribution in [3.63, 3.8) is 0 Å². The SMILES string of the molecule is C=C(Cl)C[NH+]1CCN(S(=O)(=O)c2ccc(Br)s2)CC1. The Morgan fingerprint density at radius 2 is 2.11 bits per heavy atom. The molecular formula is C11H15BrClN2O2S2+. The second kappa shape index (κ2) is 6.24. The van der Waals surface area contributed by atoms with Crippen molar-refractivity contribution in [3.05, 3.63) is 27.5 Å². The summed E-state index contributed by atoms with van der Waals surface area (Å²) in [7, 11) is -3.34. The molecule has 19 heavy (non-hydrogen) atoms. The number of sulfonamides is 1. The number of thiophene rings is 1. The highest BCUT2D eigenvalue weighted by Gasteiger charge is 2.31. The van der Waals surface area contributed by atoms with Gasteiger partial charge in [-0.3, -0.25) is 0 Å². The van der Waals surface area contributed by atoms with E-state index in [1.165, 1.54) is 16.2 Å². The van der Waals surface area contributed by atoms with Crippen molar-refractivity contribution in [2.24, 2.45) is 0 Å². The lowest BCUT2D eigenvalue weighted by molar-refractivity contribution is -0.898. The largest absolute Gasteiger partial charge is 0.328 e. The van der Waals surface area contributed by atoms with Gasteiger partial charge in [0, 0.05) is 0 Å². The number of hydrogen-bond donors (Lipinski definition) is 1. The number of nitrogens with one attached hydrogen (secondary N) is 1. The highest BCUT2D eigenvalue weighted by molar-refractivity contribution is 9.11. The first-order chi connectivity index (χ1) is 8.89. The Morgan fingerprint density at radius 3 is 2.58 bits per heavy atom. The van der Waals surface area contributed by atoms with Gasteiger partial charge >= 0.3 is 0 Å². The molecule has 1 aliphatic heterocycles. The van der Waals surface area contributed by atoms with Crippen LogP contribution in [0.2, 0.25) is 0 Å². The summed E-state index contributed by atoms with van der Waals surface area (Å²) in [5, 5.41) is 0.619. The summed E-state index contributed by atoms with van der Waals surface area (Å²) < 4.78 is 27.6. The molecule has 1 saturated heterocycles. The normalized spacial score (nSPS) is 18.6. The summed E-state index contributed by atoms with van der Waals surface area (Å²) in [5.41, 5.74) is 0. The lowest BCUT2D eigenvalue weighted by Gasteiger charge is -2.30. The number of rotatable bonds is 4. The minimum atomic E-state index is -3.34. The van der Waals surface area contributed by atoms with E-state index in [0.29, 0.717) is 28.9 Å². The third-order valence-corrected chi connectivity index (χ3v) is 7.14. The van der Waals surface area contributed by atoms with Gasteiger partial charge in [-0.25, -0.2) is 8.42 Å². The Labute approximate surface area is 130 Å². The summed E-state index contributed by atoms with van der Waals surface area (Å²) in [6, 6.07) is 3.40. The molecule has 1 aromatic rings. The molecule has 1 aromatic heterocycles. The lowest BCUT2D eigenvalue weighted by Crippen LogP contribution is -3.14. The van der Waals surface area contributed by atoms with Gasteiger partial charge in [0.05, 0.1) is 35.0 Å². The molecule has 0 unspecified atom stereocenters. The Hall–Kier alpha value is 0.0800. The van der Waals surface area contributed by atoms with E-state index in [1.54, 1.807) is 16.4 Å². The average Bonchev–Trinajstić information content (AvgIpc) is 2.76. The Kier molecular flexibility index (Phi) is 5.08. The predicted molar refractivity (Wildman–Crippen MR) is 81.3 cm³/mol. The zero-order chi connectivity index (χ0) is 14.0. The van der Waals surface area contributed by atoms with E-state index >= 15 is 0 Å². The number of quaternary nitrogens is 1. The van der Waals surface area contributed by atoms with Gasteiger partial charge in [0.2, 0.25) is 0 Å². The zero-order valence-electron chi connectivity index (χ0n) is 10.2. The van der Waals surface area contributed by atoms with Crippen LogP contribution in [0, 0.1) is 0 Å². The van der Waals surface area contributed by atoms with E-state index in [9.17, 15) is 8.42 Å². The van der Waals surface area contributed by atoms with Gasteiger partial charge in [-0.15, -0.1) is 11.3 Å². The standard InChI is InChI=1S/C11H14BrClN2O2S2/c1-9(13)8-14-4-6-15(7-5-14)19(16,17)11-3-2-10(12)18-11/h2-3H,1,4-8H2/p+1. The first kappa shape index (κ1) is 15.5. The van der Waals surface area contributed by atoms with Crippen LogP contribution in [0.3, 0.4) is 0 Å². The number of halogens is 2. The first-order valence-electron chi connectivity index (χ1n) is 5.82. The van der Waals surface area contributed by atoms with E-state index in [1.807, 2.05) is 0 Å². The van der Waals surface area contributed by atoms with Gasteiger partial charge in [0.1, 0.15) is 10.8 Å². The van der Waals surface area contributed by atoms with Crippen molar-refractivity contribution in [1.29, 1.82) is 0 Å². The van der Waals surface area contributed by atoms with Gasteiger partial charge in [-0.05, 0) is 28.1 Å². The van der Waals surface area contributed by atoms with E-state index in [2.05, 4.69) is 22.5 Å². The van der Waals surface area contributed by atoms with Crippen LogP contribution in [0.5, 0.6) is 0 Å². The van der Waals surface area contributed by atoms with Crippen LogP contribution in [0.25, 0.3) is 0 Å². The fourth-order valence-electron chi connectivity index (χ4n) is 2.05. The third kappa shape index (κ3) is 3.80. The monoisotopic (exact) mass is 385 g/mol. The maximum absolute atomic E-state index is 12.4. The molecule has 1 aliphatic rings. The summed E-state index contributed by atoms with van der Waals surface area (Å²) in [6.45, 7) is 6.94. The molecule has 0 spiro atoms. The summed E-state index contributed by atoms with van der Waals surface area (Å²) in [4.78, 5) is 1.28. The van der Waals surface area contributed by atoms with Gasteiger partial charge in [0.25, 0.3) is 10.0 Å². The van der Waals surface area contributed by atoms with Crippen molar-refractivity contribution in [2.45, 2.75) is 4.21 Å². The Morgan fingerprint density at radius 1 is 1.47 bits per heavy atom. The van der Waals surface area contributed by atoms with Gasteiger partial charge in [-0.2, -0.15) is 4.31 Å². The smallest absolute Gasteiger partial charge is 0.252 e. The maximum Gasteiger partial charge on any atom is 0.252 e. The topological polar surface area (TPSA) is 41.8 Å². The van der Waals surface area contributed by atoms with E-state index in [4.69, 9.17) is 11.6 Å². The van der Waals surface area contributed by atoms with E-state index in [0.717, 1.165) is 16.9 Å². The summed E-state index contributed by atoms with van der Waals surface area (Å²) in [5.74, 6) is 0. The molecule has 4 nitrogen and oxygen atoms in total. The molecule has 8 heteroatoms. The minimum Gasteiger partial charge on any atom is -0.328 e. The van der Waals surface area contributed by atoms with Gasteiger partial charge in [-0.1, -0.05) is 18.2 Å². The van der Waals surface area contributed by atoms with E-state index < -0.39 is 10.0 Å². The first-order valence-corrected chi connectivity index (χ1v) is 9.24. The molecule has 0 aliphatic carbocycles.